The molecule has 0 N–H and O–H groups in total. The normalized spacial score (nSPS) is 24.9. The molecule has 2 heterocycles. The van der Waals surface area contributed by atoms with E-state index in [2.05, 4.69) is 54.8 Å². The number of piperidine rings is 1. The zero-order valence-electron chi connectivity index (χ0n) is 12.1. The van der Waals surface area contributed by atoms with Crippen molar-refractivity contribution >= 4 is 11.8 Å². The van der Waals surface area contributed by atoms with Gasteiger partial charge in [0.05, 0.1) is 0 Å². The maximum Gasteiger partial charge on any atom is 0.0263 e. The lowest BCUT2D eigenvalue weighted by Gasteiger charge is -2.35. The van der Waals surface area contributed by atoms with Gasteiger partial charge in [0.1, 0.15) is 0 Å². The third kappa shape index (κ3) is 3.17. The number of benzene rings is 1. The molecule has 0 aromatic heterocycles. The second-order valence-corrected chi connectivity index (χ2v) is 7.78. The summed E-state index contributed by atoms with van der Waals surface area (Å²) in [6.07, 6.45) is 4.08. The Balaban J connectivity index is 1.50. The lowest BCUT2D eigenvalue weighted by molar-refractivity contribution is 0.158. The fraction of sp³-hybridized carbons (Fsp3) is 0.647. The van der Waals surface area contributed by atoms with Gasteiger partial charge < -0.3 is 4.90 Å². The van der Waals surface area contributed by atoms with E-state index in [-0.39, 0.29) is 0 Å². The molecule has 0 aliphatic carbocycles. The second-order valence-electron chi connectivity index (χ2n) is 6.43. The molecule has 2 aliphatic rings. The van der Waals surface area contributed by atoms with Gasteiger partial charge in [-0.15, -0.1) is 11.8 Å². The van der Waals surface area contributed by atoms with Gasteiger partial charge in [0.2, 0.25) is 0 Å². The Hall–Kier alpha value is -0.470. The molecule has 1 aromatic rings. The third-order valence-electron chi connectivity index (χ3n) is 4.75. The summed E-state index contributed by atoms with van der Waals surface area (Å²) >= 11 is 2.10. The van der Waals surface area contributed by atoms with Crippen LogP contribution in [-0.4, -0.2) is 29.8 Å². The van der Waals surface area contributed by atoms with E-state index in [9.17, 15) is 0 Å². The number of likely N-dealkylation sites (tertiary alicyclic amines) is 1. The second kappa shape index (κ2) is 5.88. The monoisotopic (exact) mass is 275 g/mol. The lowest BCUT2D eigenvalue weighted by atomic mass is 9.86. The molecule has 0 saturated carbocycles. The summed E-state index contributed by atoms with van der Waals surface area (Å²) in [5.41, 5.74) is 1.56. The van der Waals surface area contributed by atoms with Crippen LogP contribution in [0.1, 0.15) is 32.3 Å². The summed E-state index contributed by atoms with van der Waals surface area (Å²) in [5.74, 6) is 1.83. The highest BCUT2D eigenvalue weighted by Crippen LogP contribution is 2.37. The fourth-order valence-electron chi connectivity index (χ4n) is 3.45. The van der Waals surface area contributed by atoms with Gasteiger partial charge >= 0.3 is 0 Å². The first-order valence-electron chi connectivity index (χ1n) is 7.69. The van der Waals surface area contributed by atoms with E-state index in [0.29, 0.717) is 0 Å². The minimum Gasteiger partial charge on any atom is -0.302 e. The summed E-state index contributed by atoms with van der Waals surface area (Å²) in [4.78, 5) is 4.21. The molecular formula is C17H25NS. The van der Waals surface area contributed by atoms with Crippen molar-refractivity contribution < 1.29 is 0 Å². The van der Waals surface area contributed by atoms with Gasteiger partial charge in [-0.05, 0) is 55.8 Å². The first-order valence-corrected chi connectivity index (χ1v) is 8.57. The van der Waals surface area contributed by atoms with E-state index in [1.165, 1.54) is 43.8 Å². The maximum atomic E-state index is 2.70. The molecule has 104 valence electrons. The van der Waals surface area contributed by atoms with Gasteiger partial charge in [-0.3, -0.25) is 0 Å². The Labute approximate surface area is 121 Å². The van der Waals surface area contributed by atoms with Crippen molar-refractivity contribution in [1.29, 1.82) is 0 Å². The molecular weight excluding hydrogens is 250 g/mol. The van der Waals surface area contributed by atoms with Crippen LogP contribution in [0.2, 0.25) is 0 Å². The van der Waals surface area contributed by atoms with Crippen LogP contribution in [0.5, 0.6) is 0 Å². The van der Waals surface area contributed by atoms with Crippen LogP contribution >= 0.6 is 11.8 Å². The average Bonchev–Trinajstić information content (AvgIpc) is 2.81. The minimum atomic E-state index is 0.785. The van der Waals surface area contributed by atoms with Gasteiger partial charge in [-0.1, -0.05) is 32.0 Å². The highest BCUT2D eigenvalue weighted by molar-refractivity contribution is 8.00. The number of rotatable bonds is 3. The topological polar surface area (TPSA) is 3.24 Å². The van der Waals surface area contributed by atoms with Gasteiger partial charge in [-0.25, -0.2) is 0 Å². The van der Waals surface area contributed by atoms with Crippen molar-refractivity contribution in [2.45, 2.75) is 43.3 Å². The SMILES string of the molecule is CC(C)C1CCN(CC2Cc3ccccc3S2)CC1. The van der Waals surface area contributed by atoms with Crippen molar-refractivity contribution in [1.82, 2.24) is 4.90 Å². The molecule has 1 nitrogen and oxygen atoms in total. The molecule has 0 radical (unpaired) electrons. The van der Waals surface area contributed by atoms with Crippen LogP contribution in [0.25, 0.3) is 0 Å². The Bertz CT molecular complexity index is 396. The van der Waals surface area contributed by atoms with Gasteiger partial charge in [0.25, 0.3) is 0 Å². The molecule has 0 spiro atoms. The quantitative estimate of drug-likeness (QED) is 0.818. The zero-order valence-corrected chi connectivity index (χ0v) is 13.0. The van der Waals surface area contributed by atoms with Gasteiger partial charge in [0, 0.05) is 16.7 Å². The van der Waals surface area contributed by atoms with E-state index in [0.717, 1.165) is 17.1 Å². The van der Waals surface area contributed by atoms with E-state index in [4.69, 9.17) is 0 Å². The molecule has 1 unspecified atom stereocenters. The molecule has 1 atom stereocenters. The third-order valence-corrected chi connectivity index (χ3v) is 6.05. The molecule has 0 amide bonds. The first-order chi connectivity index (χ1) is 9.22. The predicted molar refractivity (Wildman–Crippen MR) is 83.8 cm³/mol. The Morgan fingerprint density at radius 1 is 1.21 bits per heavy atom. The van der Waals surface area contributed by atoms with Gasteiger partial charge in [-0.2, -0.15) is 0 Å². The molecule has 1 aromatic carbocycles. The predicted octanol–water partition coefficient (Wildman–Crippen LogP) is 4.07. The van der Waals surface area contributed by atoms with E-state index in [1.807, 2.05) is 0 Å². The van der Waals surface area contributed by atoms with Crippen molar-refractivity contribution in [3.8, 4) is 0 Å². The van der Waals surface area contributed by atoms with Crippen LogP contribution < -0.4 is 0 Å². The molecule has 2 aliphatic heterocycles. The smallest absolute Gasteiger partial charge is 0.0263 e. The van der Waals surface area contributed by atoms with Crippen molar-refractivity contribution in [2.75, 3.05) is 19.6 Å². The van der Waals surface area contributed by atoms with Crippen LogP contribution in [0.4, 0.5) is 0 Å². The lowest BCUT2D eigenvalue weighted by Crippen LogP contribution is -2.39. The minimum absolute atomic E-state index is 0.785. The van der Waals surface area contributed by atoms with Crippen molar-refractivity contribution in [3.63, 3.8) is 0 Å². The largest absolute Gasteiger partial charge is 0.302 e. The van der Waals surface area contributed by atoms with Crippen LogP contribution in [-0.2, 0) is 6.42 Å². The summed E-state index contributed by atoms with van der Waals surface area (Å²) in [6.45, 7) is 8.67. The zero-order chi connectivity index (χ0) is 13.2. The molecule has 1 fully saturated rings. The highest BCUT2D eigenvalue weighted by atomic mass is 32.2. The molecule has 0 bridgehead atoms. The van der Waals surface area contributed by atoms with Crippen molar-refractivity contribution in [3.05, 3.63) is 29.8 Å². The van der Waals surface area contributed by atoms with Gasteiger partial charge in [0.15, 0.2) is 0 Å². The van der Waals surface area contributed by atoms with Crippen LogP contribution in [0.3, 0.4) is 0 Å². The number of thioether (sulfide) groups is 1. The Morgan fingerprint density at radius 3 is 2.63 bits per heavy atom. The fourth-order valence-corrected chi connectivity index (χ4v) is 4.81. The summed E-state index contributed by atoms with van der Waals surface area (Å²) in [5, 5.41) is 0.785. The molecule has 19 heavy (non-hydrogen) atoms. The van der Waals surface area contributed by atoms with E-state index in [1.54, 1.807) is 5.56 Å². The summed E-state index contributed by atoms with van der Waals surface area (Å²) < 4.78 is 0. The van der Waals surface area contributed by atoms with E-state index >= 15 is 0 Å². The molecule has 2 heteroatoms. The maximum absolute atomic E-state index is 2.70. The number of hydrogen-bond donors (Lipinski definition) is 0. The number of hydrogen-bond acceptors (Lipinski definition) is 2. The number of nitrogens with zero attached hydrogens (tertiary/aromatic N) is 1. The average molecular weight is 275 g/mol. The standard InChI is InChI=1S/C17H25NS/c1-13(2)14-7-9-18(10-8-14)12-16-11-15-5-3-4-6-17(15)19-16/h3-6,13-14,16H,7-12H2,1-2H3. The first kappa shape index (κ1) is 13.5. The summed E-state index contributed by atoms with van der Waals surface area (Å²) in [7, 11) is 0. The number of fused-ring (bicyclic) bond motifs is 1. The Morgan fingerprint density at radius 2 is 1.95 bits per heavy atom. The highest BCUT2D eigenvalue weighted by Gasteiger charge is 2.27. The Kier molecular flexibility index (Phi) is 4.18. The van der Waals surface area contributed by atoms with Crippen molar-refractivity contribution in [2.24, 2.45) is 11.8 Å². The van der Waals surface area contributed by atoms with Crippen LogP contribution in [0.15, 0.2) is 29.2 Å². The summed E-state index contributed by atoms with van der Waals surface area (Å²) in [6, 6.07) is 8.93. The molecule has 1 saturated heterocycles. The molecule has 3 rings (SSSR count). The van der Waals surface area contributed by atoms with E-state index < -0.39 is 0 Å². The van der Waals surface area contributed by atoms with Crippen LogP contribution in [0, 0.1) is 11.8 Å².